The summed E-state index contributed by atoms with van der Waals surface area (Å²) in [6, 6.07) is 14.0. The summed E-state index contributed by atoms with van der Waals surface area (Å²) < 4.78 is 11.2. The second kappa shape index (κ2) is 11.1. The predicted octanol–water partition coefficient (Wildman–Crippen LogP) is 6.78. The molecule has 0 atom stereocenters. The number of anilines is 4. The number of benzene rings is 2. The number of hydrogen-bond acceptors (Lipinski definition) is 7. The number of aromatic nitrogens is 7. The molecule has 0 spiro atoms. The molecule has 2 aromatic carbocycles. The van der Waals surface area contributed by atoms with Crippen LogP contribution in [0, 0.1) is 6.92 Å². The number of fused-ring (bicyclic) bond motifs is 2. The second-order valence-electron chi connectivity index (χ2n) is 14.4. The summed E-state index contributed by atoms with van der Waals surface area (Å²) in [7, 11) is 3.74. The largest absolute Gasteiger partial charge is 0.441 e. The van der Waals surface area contributed by atoms with Gasteiger partial charge < -0.3 is 13.6 Å². The zero-order chi connectivity index (χ0) is 35.1. The van der Waals surface area contributed by atoms with Gasteiger partial charge in [-0.05, 0) is 69.9 Å². The maximum absolute atomic E-state index is 13.1. The zero-order valence-electron chi connectivity index (χ0n) is 29.2. The van der Waals surface area contributed by atoms with Crippen molar-refractivity contribution in [2.75, 3.05) is 9.80 Å². The molecule has 1 saturated carbocycles. The van der Waals surface area contributed by atoms with Crippen molar-refractivity contribution in [3.05, 3.63) is 103 Å². The van der Waals surface area contributed by atoms with Crippen LogP contribution in [0.3, 0.4) is 0 Å². The summed E-state index contributed by atoms with van der Waals surface area (Å²) in [5.74, 6) is 3.27. The highest BCUT2D eigenvalue weighted by atomic mass is 16.4. The standard InChI is InChI=1S/C20H21N5O.C18H18N4O2/c1-20(2)15-7-6-14(24-11-16(21-12-24)13-4-5-13)10-17(15)25(19(20)26)18-8-9-23(3)22-18;1-11-19-8-15(24-11)12-5-6-13-14(7-12)22(17(23)18(13,2)3)16-9-21(4)10-20-16/h6-13H,4-5H2,1-3H3;5-10H,1-4H3. The van der Waals surface area contributed by atoms with Gasteiger partial charge in [-0.3, -0.25) is 24.1 Å². The van der Waals surface area contributed by atoms with Crippen molar-refractivity contribution in [1.82, 2.24) is 33.9 Å². The van der Waals surface area contributed by atoms with E-state index in [1.165, 1.54) is 12.8 Å². The van der Waals surface area contributed by atoms with Crippen molar-refractivity contribution in [2.45, 2.75) is 64.2 Å². The van der Waals surface area contributed by atoms with Crippen LogP contribution in [0.5, 0.6) is 0 Å². The van der Waals surface area contributed by atoms with E-state index >= 15 is 0 Å². The van der Waals surface area contributed by atoms with Crippen molar-refractivity contribution in [1.29, 1.82) is 0 Å². The number of carbonyl (C=O) groups is 2. The Kier molecular flexibility index (Phi) is 7.00. The first-order valence-electron chi connectivity index (χ1n) is 16.8. The van der Waals surface area contributed by atoms with Gasteiger partial charge >= 0.3 is 0 Å². The Labute approximate surface area is 290 Å². The molecule has 1 aliphatic carbocycles. The van der Waals surface area contributed by atoms with Crippen LogP contribution in [0.4, 0.5) is 23.0 Å². The maximum atomic E-state index is 13.1. The van der Waals surface area contributed by atoms with E-state index in [1.54, 1.807) is 27.0 Å². The van der Waals surface area contributed by atoms with E-state index in [2.05, 4.69) is 44.4 Å². The van der Waals surface area contributed by atoms with Crippen LogP contribution >= 0.6 is 0 Å². The number of oxazole rings is 1. The average Bonchev–Trinajstić information content (AvgIpc) is 3.54. The number of hydrogen-bond donors (Lipinski definition) is 0. The van der Waals surface area contributed by atoms with Crippen molar-refractivity contribution in [3.63, 3.8) is 0 Å². The average molecular weight is 670 g/mol. The summed E-state index contributed by atoms with van der Waals surface area (Å²) in [6.07, 6.45) is 13.5. The molecule has 6 heterocycles. The van der Waals surface area contributed by atoms with E-state index in [4.69, 9.17) is 4.42 Å². The normalized spacial score (nSPS) is 17.2. The van der Waals surface area contributed by atoms with E-state index < -0.39 is 10.8 Å². The fourth-order valence-electron chi connectivity index (χ4n) is 6.86. The van der Waals surface area contributed by atoms with Crippen LogP contribution in [-0.2, 0) is 34.5 Å². The third-order valence-corrected chi connectivity index (χ3v) is 9.93. The Bertz CT molecular complexity index is 2300. The first kappa shape index (κ1) is 31.5. The summed E-state index contributed by atoms with van der Waals surface area (Å²) in [5.41, 5.74) is 5.65. The Balaban J connectivity index is 0.000000145. The van der Waals surface area contributed by atoms with Gasteiger partial charge in [-0.1, -0.05) is 18.2 Å². The highest BCUT2D eigenvalue weighted by Crippen LogP contribution is 2.47. The summed E-state index contributed by atoms with van der Waals surface area (Å²) >= 11 is 0. The second-order valence-corrected chi connectivity index (χ2v) is 14.4. The van der Waals surface area contributed by atoms with Gasteiger partial charge in [0, 0.05) is 62.8 Å². The molecule has 9 rings (SSSR count). The number of aryl methyl sites for hydroxylation is 3. The smallest absolute Gasteiger partial charge is 0.242 e. The Morgan fingerprint density at radius 2 is 1.46 bits per heavy atom. The minimum atomic E-state index is -0.595. The van der Waals surface area contributed by atoms with E-state index in [0.29, 0.717) is 29.2 Å². The highest BCUT2D eigenvalue weighted by Gasteiger charge is 2.46. The van der Waals surface area contributed by atoms with Crippen molar-refractivity contribution >= 4 is 34.8 Å². The molecule has 0 unspecified atom stereocenters. The topological polar surface area (TPSA) is 120 Å². The minimum absolute atomic E-state index is 0.0158. The molecule has 0 bridgehead atoms. The van der Waals surface area contributed by atoms with Gasteiger partial charge in [-0.15, -0.1) is 0 Å². The zero-order valence-corrected chi connectivity index (χ0v) is 29.2. The molecule has 0 radical (unpaired) electrons. The quantitative estimate of drug-likeness (QED) is 0.199. The van der Waals surface area contributed by atoms with Crippen molar-refractivity contribution < 1.29 is 14.0 Å². The van der Waals surface area contributed by atoms with Gasteiger partial charge in [0.2, 0.25) is 11.8 Å². The first-order valence-corrected chi connectivity index (χ1v) is 16.8. The molecule has 12 nitrogen and oxygen atoms in total. The summed E-state index contributed by atoms with van der Waals surface area (Å²) in [5, 5.41) is 4.45. The lowest BCUT2D eigenvalue weighted by molar-refractivity contribution is -0.122. The van der Waals surface area contributed by atoms with Gasteiger partial charge in [0.05, 0.1) is 46.8 Å². The van der Waals surface area contributed by atoms with Crippen LogP contribution in [0.2, 0.25) is 0 Å². The van der Waals surface area contributed by atoms with Gasteiger partial charge in [-0.2, -0.15) is 5.10 Å². The number of carbonyl (C=O) groups excluding carboxylic acids is 2. The van der Waals surface area contributed by atoms with Gasteiger partial charge in [0.1, 0.15) is 0 Å². The molecule has 0 N–H and O–H groups in total. The van der Waals surface area contributed by atoms with E-state index in [0.717, 1.165) is 39.4 Å². The van der Waals surface area contributed by atoms with Crippen LogP contribution in [0.15, 0.2) is 84.3 Å². The number of imidazole rings is 2. The number of rotatable bonds is 5. The van der Waals surface area contributed by atoms with Gasteiger partial charge in [0.25, 0.3) is 0 Å². The van der Waals surface area contributed by atoms with Crippen LogP contribution in [0.25, 0.3) is 17.0 Å². The molecule has 2 amide bonds. The molecular weight excluding hydrogens is 630 g/mol. The van der Waals surface area contributed by atoms with Gasteiger partial charge in [-0.25, -0.2) is 15.0 Å². The van der Waals surface area contributed by atoms with E-state index in [-0.39, 0.29) is 11.8 Å². The monoisotopic (exact) mass is 669 g/mol. The van der Waals surface area contributed by atoms with Crippen LogP contribution in [0.1, 0.15) is 69.2 Å². The van der Waals surface area contributed by atoms with Crippen molar-refractivity contribution in [2.24, 2.45) is 14.1 Å². The lowest BCUT2D eigenvalue weighted by Crippen LogP contribution is -2.33. The Hall–Kier alpha value is -5.78. The lowest BCUT2D eigenvalue weighted by Gasteiger charge is -2.18. The van der Waals surface area contributed by atoms with Crippen LogP contribution in [-0.4, -0.2) is 45.7 Å². The fourth-order valence-corrected chi connectivity index (χ4v) is 6.86. The summed E-state index contributed by atoms with van der Waals surface area (Å²) in [4.78, 5) is 42.5. The molecule has 1 fully saturated rings. The predicted molar refractivity (Wildman–Crippen MR) is 189 cm³/mol. The third-order valence-electron chi connectivity index (χ3n) is 9.93. The molecule has 0 saturated heterocycles. The summed E-state index contributed by atoms with van der Waals surface area (Å²) in [6.45, 7) is 9.63. The third kappa shape index (κ3) is 5.05. The molecule has 6 aromatic rings. The SMILES string of the molecule is Cc1ncc(-c2ccc3c(c2)N(c2cn(C)cn2)C(=O)C3(C)C)o1.Cn1ccc(N2C(=O)C(C)(C)c3ccc(-n4cnc(C5CC5)c4)cc32)n1. The highest BCUT2D eigenvalue weighted by molar-refractivity contribution is 6.13. The molecule has 3 aliphatic rings. The van der Waals surface area contributed by atoms with E-state index in [9.17, 15) is 9.59 Å². The molecule has 12 heteroatoms. The molecule has 50 heavy (non-hydrogen) atoms. The Morgan fingerprint density at radius 1 is 0.780 bits per heavy atom. The molecule has 2 aliphatic heterocycles. The minimum Gasteiger partial charge on any atom is -0.441 e. The first-order chi connectivity index (χ1) is 23.8. The van der Waals surface area contributed by atoms with Crippen LogP contribution < -0.4 is 9.80 Å². The van der Waals surface area contributed by atoms with E-state index in [1.807, 2.05) is 101 Å². The van der Waals surface area contributed by atoms with Crippen molar-refractivity contribution in [3.8, 4) is 17.0 Å². The molecule has 254 valence electrons. The van der Waals surface area contributed by atoms with Gasteiger partial charge in [0.15, 0.2) is 23.3 Å². The fraction of sp³-hybridized carbons (Fsp3) is 0.316. The maximum Gasteiger partial charge on any atom is 0.242 e. The molecular formula is C38H39N9O3. The molecule has 4 aromatic heterocycles. The lowest BCUT2D eigenvalue weighted by atomic mass is 9.86. The number of nitrogens with zero attached hydrogens (tertiary/aromatic N) is 9. The Morgan fingerprint density at radius 3 is 2.06 bits per heavy atom. The number of amides is 2.